The molecule has 84 valence electrons. The van der Waals surface area contributed by atoms with Gasteiger partial charge in [-0.2, -0.15) is 0 Å². The van der Waals surface area contributed by atoms with Crippen LogP contribution in [0.3, 0.4) is 0 Å². The first-order valence-corrected chi connectivity index (χ1v) is 6.55. The summed E-state index contributed by atoms with van der Waals surface area (Å²) in [7, 11) is 0. The SMILES string of the molecule is Cc1oc(-c2cc(Br)sc2Br)nc1C(=O)O. The van der Waals surface area contributed by atoms with E-state index in [1.54, 1.807) is 6.92 Å². The fourth-order valence-corrected chi connectivity index (χ4v) is 3.97. The largest absolute Gasteiger partial charge is 0.476 e. The number of oxazole rings is 1. The van der Waals surface area contributed by atoms with Gasteiger partial charge in [0.15, 0.2) is 5.69 Å². The number of aromatic carboxylic acids is 1. The number of hydrogen-bond acceptors (Lipinski definition) is 4. The Hall–Kier alpha value is -0.660. The zero-order chi connectivity index (χ0) is 11.9. The van der Waals surface area contributed by atoms with Crippen LogP contribution in [0.4, 0.5) is 0 Å². The number of aromatic nitrogens is 1. The molecule has 16 heavy (non-hydrogen) atoms. The van der Waals surface area contributed by atoms with Crippen LogP contribution in [-0.4, -0.2) is 16.1 Å². The van der Waals surface area contributed by atoms with Crippen molar-refractivity contribution in [3.8, 4) is 11.5 Å². The van der Waals surface area contributed by atoms with E-state index in [1.807, 2.05) is 6.07 Å². The molecular weight excluding hydrogens is 362 g/mol. The maximum Gasteiger partial charge on any atom is 0.358 e. The summed E-state index contributed by atoms with van der Waals surface area (Å²) in [5.74, 6) is -0.474. The number of aryl methyl sites for hydroxylation is 1. The van der Waals surface area contributed by atoms with E-state index in [2.05, 4.69) is 36.8 Å². The first-order valence-electron chi connectivity index (χ1n) is 4.15. The molecule has 2 rings (SSSR count). The van der Waals surface area contributed by atoms with Gasteiger partial charge in [-0.05, 0) is 44.8 Å². The minimum atomic E-state index is -1.09. The van der Waals surface area contributed by atoms with Gasteiger partial charge in [0.25, 0.3) is 0 Å². The Balaban J connectivity index is 2.53. The van der Waals surface area contributed by atoms with E-state index in [9.17, 15) is 4.79 Å². The third kappa shape index (κ3) is 2.07. The quantitative estimate of drug-likeness (QED) is 0.874. The molecule has 0 spiro atoms. The molecule has 0 saturated heterocycles. The number of hydrogen-bond donors (Lipinski definition) is 1. The number of nitrogens with zero attached hydrogens (tertiary/aromatic N) is 1. The van der Waals surface area contributed by atoms with Gasteiger partial charge < -0.3 is 9.52 Å². The van der Waals surface area contributed by atoms with E-state index in [0.29, 0.717) is 11.7 Å². The fourth-order valence-electron chi connectivity index (χ4n) is 1.20. The van der Waals surface area contributed by atoms with E-state index >= 15 is 0 Å². The summed E-state index contributed by atoms with van der Waals surface area (Å²) in [5, 5.41) is 8.86. The molecule has 7 heteroatoms. The van der Waals surface area contributed by atoms with Crippen molar-refractivity contribution in [1.29, 1.82) is 0 Å². The molecule has 0 amide bonds. The van der Waals surface area contributed by atoms with Gasteiger partial charge in [0.2, 0.25) is 5.89 Å². The molecule has 1 N–H and O–H groups in total. The molecule has 4 nitrogen and oxygen atoms in total. The molecular formula is C9H5Br2NO3S. The predicted molar refractivity (Wildman–Crippen MR) is 66.9 cm³/mol. The maximum atomic E-state index is 10.8. The van der Waals surface area contributed by atoms with Gasteiger partial charge in [0, 0.05) is 0 Å². The van der Waals surface area contributed by atoms with Gasteiger partial charge in [-0.25, -0.2) is 9.78 Å². The van der Waals surface area contributed by atoms with Crippen LogP contribution >= 0.6 is 43.2 Å². The second kappa shape index (κ2) is 4.31. The van der Waals surface area contributed by atoms with E-state index in [4.69, 9.17) is 9.52 Å². The van der Waals surface area contributed by atoms with E-state index in [-0.39, 0.29) is 5.69 Å². The van der Waals surface area contributed by atoms with E-state index in [1.165, 1.54) is 11.3 Å². The summed E-state index contributed by atoms with van der Waals surface area (Å²) in [6.07, 6.45) is 0. The summed E-state index contributed by atoms with van der Waals surface area (Å²) >= 11 is 8.18. The van der Waals surface area contributed by atoms with Crippen molar-refractivity contribution in [3.63, 3.8) is 0 Å². The summed E-state index contributed by atoms with van der Waals surface area (Å²) in [6.45, 7) is 1.58. The molecule has 0 aliphatic carbocycles. The molecule has 2 aromatic rings. The van der Waals surface area contributed by atoms with Crippen molar-refractivity contribution >= 4 is 49.2 Å². The number of halogens is 2. The standard InChI is InChI=1S/C9H5Br2NO3S/c1-3-6(9(13)14)12-8(15-3)4-2-5(10)16-7(4)11/h2H,1H3,(H,13,14). The molecule has 2 heterocycles. The van der Waals surface area contributed by atoms with Crippen LogP contribution in [0.15, 0.2) is 18.1 Å². The Morgan fingerprint density at radius 2 is 2.25 bits per heavy atom. The minimum absolute atomic E-state index is 0.0516. The fraction of sp³-hybridized carbons (Fsp3) is 0.111. The van der Waals surface area contributed by atoms with Crippen molar-refractivity contribution < 1.29 is 14.3 Å². The van der Waals surface area contributed by atoms with Crippen molar-refractivity contribution in [1.82, 2.24) is 4.98 Å². The number of carbonyl (C=O) groups is 1. The van der Waals surface area contributed by atoms with Gasteiger partial charge in [-0.15, -0.1) is 11.3 Å². The molecule has 0 atom stereocenters. The lowest BCUT2D eigenvalue weighted by Gasteiger charge is -1.89. The van der Waals surface area contributed by atoms with Crippen LogP contribution in [-0.2, 0) is 0 Å². The lowest BCUT2D eigenvalue weighted by Crippen LogP contribution is -1.98. The van der Waals surface area contributed by atoms with Crippen molar-refractivity contribution in [2.75, 3.05) is 0 Å². The zero-order valence-electron chi connectivity index (χ0n) is 7.95. The monoisotopic (exact) mass is 365 g/mol. The van der Waals surface area contributed by atoms with Crippen LogP contribution in [0.2, 0.25) is 0 Å². The number of carboxylic acid groups (broad SMARTS) is 1. The maximum absolute atomic E-state index is 10.8. The Labute approximate surface area is 112 Å². The molecule has 2 aromatic heterocycles. The Morgan fingerprint density at radius 3 is 2.69 bits per heavy atom. The predicted octanol–water partition coefficient (Wildman–Crippen LogP) is 3.93. The molecule has 0 aromatic carbocycles. The molecule has 0 unspecified atom stereocenters. The summed E-state index contributed by atoms with van der Waals surface area (Å²) < 4.78 is 7.08. The van der Waals surface area contributed by atoms with Gasteiger partial charge >= 0.3 is 5.97 Å². The highest BCUT2D eigenvalue weighted by Gasteiger charge is 2.19. The van der Waals surface area contributed by atoms with Crippen LogP contribution in [0.25, 0.3) is 11.5 Å². The van der Waals surface area contributed by atoms with Crippen molar-refractivity contribution in [3.05, 3.63) is 25.1 Å². The summed E-state index contributed by atoms with van der Waals surface area (Å²) in [6, 6.07) is 1.83. The minimum Gasteiger partial charge on any atom is -0.476 e. The smallest absolute Gasteiger partial charge is 0.358 e. The summed E-state index contributed by atoms with van der Waals surface area (Å²) in [4.78, 5) is 14.8. The number of rotatable bonds is 2. The zero-order valence-corrected chi connectivity index (χ0v) is 11.9. The molecule has 0 fully saturated rings. The first kappa shape index (κ1) is 11.8. The highest BCUT2D eigenvalue weighted by atomic mass is 79.9. The number of thiophene rings is 1. The normalized spacial score (nSPS) is 10.7. The Kier molecular flexibility index (Phi) is 3.18. The van der Waals surface area contributed by atoms with Gasteiger partial charge in [0.05, 0.1) is 13.1 Å². The third-order valence-electron chi connectivity index (χ3n) is 1.89. The molecule has 0 aliphatic rings. The van der Waals surface area contributed by atoms with Crippen LogP contribution in [0.5, 0.6) is 0 Å². The van der Waals surface area contributed by atoms with Gasteiger partial charge in [-0.3, -0.25) is 0 Å². The third-order valence-corrected chi connectivity index (χ3v) is 4.23. The van der Waals surface area contributed by atoms with E-state index < -0.39 is 5.97 Å². The molecule has 0 saturated carbocycles. The lowest BCUT2D eigenvalue weighted by atomic mass is 10.3. The lowest BCUT2D eigenvalue weighted by molar-refractivity contribution is 0.0689. The highest BCUT2D eigenvalue weighted by molar-refractivity contribution is 9.12. The van der Waals surface area contributed by atoms with E-state index in [0.717, 1.165) is 13.1 Å². The topological polar surface area (TPSA) is 63.3 Å². The Bertz CT molecular complexity index is 561. The number of carboxylic acids is 1. The van der Waals surface area contributed by atoms with Crippen LogP contribution in [0, 0.1) is 6.92 Å². The molecule has 0 bridgehead atoms. The first-order chi connectivity index (χ1) is 7.49. The van der Waals surface area contributed by atoms with Gasteiger partial charge in [0.1, 0.15) is 5.76 Å². The average Bonchev–Trinajstić information content (AvgIpc) is 2.69. The highest BCUT2D eigenvalue weighted by Crippen LogP contribution is 2.38. The van der Waals surface area contributed by atoms with Crippen molar-refractivity contribution in [2.24, 2.45) is 0 Å². The molecule has 0 aliphatic heterocycles. The second-order valence-electron chi connectivity index (χ2n) is 2.97. The van der Waals surface area contributed by atoms with Crippen molar-refractivity contribution in [2.45, 2.75) is 6.92 Å². The van der Waals surface area contributed by atoms with Crippen LogP contribution in [0.1, 0.15) is 16.2 Å². The summed E-state index contributed by atoms with van der Waals surface area (Å²) in [5.41, 5.74) is 0.691. The Morgan fingerprint density at radius 1 is 1.56 bits per heavy atom. The average molecular weight is 367 g/mol. The second-order valence-corrected chi connectivity index (χ2v) is 6.72. The van der Waals surface area contributed by atoms with Gasteiger partial charge in [-0.1, -0.05) is 0 Å². The van der Waals surface area contributed by atoms with Crippen LogP contribution < -0.4 is 0 Å². The molecule has 0 radical (unpaired) electrons.